The lowest BCUT2D eigenvalue weighted by Crippen LogP contribution is -2.12. The minimum atomic E-state index is -2.92. The lowest BCUT2D eigenvalue weighted by Gasteiger charge is -2.16. The van der Waals surface area contributed by atoms with Gasteiger partial charge in [0.2, 0.25) is 0 Å². The molecular formula is C12H14F2. The van der Waals surface area contributed by atoms with Crippen molar-refractivity contribution in [3.8, 4) is 0 Å². The molecule has 14 heavy (non-hydrogen) atoms. The summed E-state index contributed by atoms with van der Waals surface area (Å²) in [7, 11) is 0. The van der Waals surface area contributed by atoms with E-state index >= 15 is 0 Å². The van der Waals surface area contributed by atoms with E-state index in [4.69, 9.17) is 0 Å². The molecule has 0 unspecified atom stereocenters. The summed E-state index contributed by atoms with van der Waals surface area (Å²) in [5, 5.41) is 0. The first kappa shape index (κ1) is 10.9. The maximum atomic E-state index is 13.4. The fourth-order valence-corrected chi connectivity index (χ4v) is 1.42. The average molecular weight is 196 g/mol. The summed E-state index contributed by atoms with van der Waals surface area (Å²) >= 11 is 0. The Kier molecular flexibility index (Phi) is 3.04. The van der Waals surface area contributed by atoms with Gasteiger partial charge in [0.15, 0.2) is 0 Å². The van der Waals surface area contributed by atoms with Crippen molar-refractivity contribution >= 4 is 0 Å². The fourth-order valence-electron chi connectivity index (χ4n) is 1.42. The number of alkyl halides is 2. The smallest absolute Gasteiger partial charge is 0.197 e. The van der Waals surface area contributed by atoms with E-state index in [-0.39, 0.29) is 5.56 Å². The van der Waals surface area contributed by atoms with E-state index in [9.17, 15) is 8.78 Å². The molecule has 0 aliphatic carbocycles. The molecule has 0 nitrogen and oxygen atoms in total. The number of rotatable bonds is 3. The van der Waals surface area contributed by atoms with Gasteiger partial charge in [-0.3, -0.25) is 0 Å². The van der Waals surface area contributed by atoms with E-state index in [1.165, 1.54) is 6.07 Å². The van der Waals surface area contributed by atoms with Crippen LogP contribution < -0.4 is 0 Å². The van der Waals surface area contributed by atoms with Gasteiger partial charge in [-0.15, -0.1) is 0 Å². The Balaban J connectivity index is 3.30. The molecule has 0 heterocycles. The molecule has 0 saturated heterocycles. The standard InChI is InChI=1S/C12H14F2/c1-4-10-7-6-9(3)8-11(10)12(13,14)5-2/h5-8H,2,4H2,1,3H3. The zero-order chi connectivity index (χ0) is 10.8. The molecule has 0 amide bonds. The second-order valence-electron chi connectivity index (χ2n) is 3.34. The second-order valence-corrected chi connectivity index (χ2v) is 3.34. The normalized spacial score (nSPS) is 11.4. The van der Waals surface area contributed by atoms with Gasteiger partial charge in [-0.2, -0.15) is 8.78 Å². The highest BCUT2D eigenvalue weighted by Gasteiger charge is 2.29. The van der Waals surface area contributed by atoms with Gasteiger partial charge in [-0.1, -0.05) is 31.2 Å². The highest BCUT2D eigenvalue weighted by atomic mass is 19.3. The van der Waals surface area contributed by atoms with Crippen LogP contribution in [0.1, 0.15) is 23.6 Å². The molecule has 0 spiro atoms. The predicted octanol–water partition coefficient (Wildman–Crippen LogP) is 3.84. The van der Waals surface area contributed by atoms with Crippen LogP contribution in [0.4, 0.5) is 8.78 Å². The van der Waals surface area contributed by atoms with Crippen molar-refractivity contribution in [2.45, 2.75) is 26.2 Å². The summed E-state index contributed by atoms with van der Waals surface area (Å²) in [5.41, 5.74) is 1.61. The van der Waals surface area contributed by atoms with Gasteiger partial charge in [0.25, 0.3) is 5.92 Å². The van der Waals surface area contributed by atoms with Gasteiger partial charge < -0.3 is 0 Å². The van der Waals surface area contributed by atoms with Crippen LogP contribution in [-0.2, 0) is 12.3 Å². The van der Waals surface area contributed by atoms with Crippen LogP contribution in [0.5, 0.6) is 0 Å². The van der Waals surface area contributed by atoms with Crippen LogP contribution in [0, 0.1) is 6.92 Å². The number of halogens is 2. The van der Waals surface area contributed by atoms with E-state index in [0.717, 1.165) is 5.56 Å². The zero-order valence-corrected chi connectivity index (χ0v) is 8.48. The van der Waals surface area contributed by atoms with E-state index in [1.54, 1.807) is 6.07 Å². The van der Waals surface area contributed by atoms with Gasteiger partial charge in [-0.25, -0.2) is 0 Å². The fraction of sp³-hybridized carbons (Fsp3) is 0.333. The zero-order valence-electron chi connectivity index (χ0n) is 8.48. The molecule has 0 radical (unpaired) electrons. The number of aryl methyl sites for hydroxylation is 2. The second kappa shape index (κ2) is 3.91. The summed E-state index contributed by atoms with van der Waals surface area (Å²) in [4.78, 5) is 0. The number of hydrogen-bond donors (Lipinski definition) is 0. The Bertz CT molecular complexity index is 340. The molecular weight excluding hydrogens is 182 g/mol. The molecule has 0 aliphatic rings. The Hall–Kier alpha value is -1.18. The van der Waals surface area contributed by atoms with E-state index in [1.807, 2.05) is 19.9 Å². The van der Waals surface area contributed by atoms with E-state index < -0.39 is 5.92 Å². The molecule has 76 valence electrons. The quantitative estimate of drug-likeness (QED) is 0.644. The number of benzene rings is 1. The summed E-state index contributed by atoms with van der Waals surface area (Å²) in [6.07, 6.45) is 1.31. The lowest BCUT2D eigenvalue weighted by atomic mass is 9.97. The van der Waals surface area contributed by atoms with Crippen LogP contribution in [0.15, 0.2) is 30.9 Å². The molecule has 1 aromatic carbocycles. The monoisotopic (exact) mass is 196 g/mol. The molecule has 0 fully saturated rings. The first-order valence-electron chi connectivity index (χ1n) is 4.62. The molecule has 0 saturated carbocycles. The third-order valence-corrected chi connectivity index (χ3v) is 2.26. The van der Waals surface area contributed by atoms with Gasteiger partial charge in [0, 0.05) is 5.56 Å². The molecule has 1 aromatic rings. The minimum Gasteiger partial charge on any atom is -0.197 e. The van der Waals surface area contributed by atoms with Crippen molar-refractivity contribution in [2.75, 3.05) is 0 Å². The SMILES string of the molecule is C=CC(F)(F)c1cc(C)ccc1CC. The maximum absolute atomic E-state index is 13.4. The molecule has 0 atom stereocenters. The van der Waals surface area contributed by atoms with Crippen molar-refractivity contribution in [3.63, 3.8) is 0 Å². The summed E-state index contributed by atoms with van der Waals surface area (Å²) in [6.45, 7) is 6.84. The van der Waals surface area contributed by atoms with Crippen LogP contribution in [0.2, 0.25) is 0 Å². The van der Waals surface area contributed by atoms with Crippen LogP contribution in [0.25, 0.3) is 0 Å². The van der Waals surface area contributed by atoms with Crippen molar-refractivity contribution in [2.24, 2.45) is 0 Å². The summed E-state index contributed by atoms with van der Waals surface area (Å²) in [5.74, 6) is -2.92. The minimum absolute atomic E-state index is 0.0787. The Labute approximate surface area is 83.3 Å². The molecule has 0 bridgehead atoms. The summed E-state index contributed by atoms with van der Waals surface area (Å²) in [6, 6.07) is 5.13. The van der Waals surface area contributed by atoms with Crippen LogP contribution >= 0.6 is 0 Å². The molecule has 2 heteroatoms. The lowest BCUT2D eigenvalue weighted by molar-refractivity contribution is 0.0515. The Morgan fingerprint density at radius 2 is 2.07 bits per heavy atom. The molecule has 1 rings (SSSR count). The molecule has 0 aromatic heterocycles. The van der Waals surface area contributed by atoms with Crippen LogP contribution in [0.3, 0.4) is 0 Å². The van der Waals surface area contributed by atoms with Crippen LogP contribution in [-0.4, -0.2) is 0 Å². The topological polar surface area (TPSA) is 0 Å². The molecule has 0 aliphatic heterocycles. The third kappa shape index (κ3) is 2.00. The van der Waals surface area contributed by atoms with Crippen molar-refractivity contribution in [1.82, 2.24) is 0 Å². The van der Waals surface area contributed by atoms with Crippen molar-refractivity contribution < 1.29 is 8.78 Å². The maximum Gasteiger partial charge on any atom is 0.291 e. The first-order chi connectivity index (χ1) is 6.51. The van der Waals surface area contributed by atoms with Gasteiger partial charge in [0.05, 0.1) is 0 Å². The summed E-state index contributed by atoms with van der Waals surface area (Å²) < 4.78 is 26.8. The van der Waals surface area contributed by atoms with E-state index in [2.05, 4.69) is 6.58 Å². The average Bonchev–Trinajstić information content (AvgIpc) is 2.18. The first-order valence-corrected chi connectivity index (χ1v) is 4.62. The number of hydrogen-bond acceptors (Lipinski definition) is 0. The predicted molar refractivity (Wildman–Crippen MR) is 54.6 cm³/mol. The molecule has 0 N–H and O–H groups in total. The Morgan fingerprint density at radius 3 is 2.57 bits per heavy atom. The number of allylic oxidation sites excluding steroid dienone is 1. The van der Waals surface area contributed by atoms with Gasteiger partial charge in [0.1, 0.15) is 0 Å². The Morgan fingerprint density at radius 1 is 1.43 bits per heavy atom. The van der Waals surface area contributed by atoms with Gasteiger partial charge in [-0.05, 0) is 31.1 Å². The van der Waals surface area contributed by atoms with Crippen molar-refractivity contribution in [3.05, 3.63) is 47.5 Å². The van der Waals surface area contributed by atoms with E-state index in [0.29, 0.717) is 18.1 Å². The third-order valence-electron chi connectivity index (χ3n) is 2.26. The van der Waals surface area contributed by atoms with Gasteiger partial charge >= 0.3 is 0 Å². The highest BCUT2D eigenvalue weighted by molar-refractivity contribution is 5.36. The largest absolute Gasteiger partial charge is 0.291 e. The highest BCUT2D eigenvalue weighted by Crippen LogP contribution is 2.32. The van der Waals surface area contributed by atoms with Crippen molar-refractivity contribution in [1.29, 1.82) is 0 Å².